The van der Waals surface area contributed by atoms with Gasteiger partial charge in [0, 0.05) is 17.8 Å². The van der Waals surface area contributed by atoms with Gasteiger partial charge in [-0.2, -0.15) is 0 Å². The summed E-state index contributed by atoms with van der Waals surface area (Å²) in [4.78, 5) is 0. The van der Waals surface area contributed by atoms with Crippen LogP contribution in [0.1, 0.15) is 31.9 Å². The summed E-state index contributed by atoms with van der Waals surface area (Å²) >= 11 is 0. The lowest BCUT2D eigenvalue weighted by Gasteiger charge is -2.24. The van der Waals surface area contributed by atoms with Gasteiger partial charge >= 0.3 is 0 Å². The van der Waals surface area contributed by atoms with Crippen molar-refractivity contribution in [3.8, 4) is 0 Å². The van der Waals surface area contributed by atoms with E-state index in [4.69, 9.17) is 5.73 Å². The van der Waals surface area contributed by atoms with Crippen LogP contribution in [0, 0.1) is 6.92 Å². The summed E-state index contributed by atoms with van der Waals surface area (Å²) in [5, 5.41) is 3.45. The molecule has 3 N–H and O–H groups in total. The quantitative estimate of drug-likeness (QED) is 0.756. The third-order valence-corrected chi connectivity index (χ3v) is 1.99. The second-order valence-electron chi connectivity index (χ2n) is 4.74. The van der Waals surface area contributed by atoms with Gasteiger partial charge in [-0.15, -0.1) is 0 Å². The first-order chi connectivity index (χ1) is 6.42. The molecule has 0 amide bonds. The third-order valence-electron chi connectivity index (χ3n) is 1.99. The van der Waals surface area contributed by atoms with Gasteiger partial charge in [-0.05, 0) is 39.3 Å². The molecule has 0 heterocycles. The summed E-state index contributed by atoms with van der Waals surface area (Å²) in [6.07, 6.45) is 0. The van der Waals surface area contributed by atoms with Crippen LogP contribution in [0.4, 0.5) is 5.69 Å². The Morgan fingerprint density at radius 2 is 1.93 bits per heavy atom. The lowest BCUT2D eigenvalue weighted by molar-refractivity contribution is 0.632. The summed E-state index contributed by atoms with van der Waals surface area (Å²) in [7, 11) is 0. The Labute approximate surface area is 86.5 Å². The van der Waals surface area contributed by atoms with Crippen LogP contribution < -0.4 is 11.1 Å². The molecule has 0 saturated heterocycles. The highest BCUT2D eigenvalue weighted by molar-refractivity contribution is 5.53. The Hall–Kier alpha value is -1.02. The molecule has 0 unspecified atom stereocenters. The molecule has 2 nitrogen and oxygen atoms in total. The zero-order valence-electron chi connectivity index (χ0n) is 9.52. The normalized spacial score (nSPS) is 11.5. The summed E-state index contributed by atoms with van der Waals surface area (Å²) in [6.45, 7) is 9.10. The molecule has 0 aliphatic heterocycles. The fourth-order valence-corrected chi connectivity index (χ4v) is 1.42. The molecule has 0 atom stereocenters. The van der Waals surface area contributed by atoms with Crippen molar-refractivity contribution in [3.63, 3.8) is 0 Å². The second-order valence-corrected chi connectivity index (χ2v) is 4.74. The molecular weight excluding hydrogens is 172 g/mol. The van der Waals surface area contributed by atoms with E-state index in [0.29, 0.717) is 6.54 Å². The number of nitrogens with one attached hydrogen (secondary N) is 1. The maximum Gasteiger partial charge on any atom is 0.0389 e. The smallest absolute Gasteiger partial charge is 0.0389 e. The predicted molar refractivity (Wildman–Crippen MR) is 62.4 cm³/mol. The molecule has 0 aliphatic carbocycles. The van der Waals surface area contributed by atoms with Crippen molar-refractivity contribution in [2.24, 2.45) is 5.73 Å². The van der Waals surface area contributed by atoms with Crippen molar-refractivity contribution in [3.05, 3.63) is 29.3 Å². The highest BCUT2D eigenvalue weighted by atomic mass is 15.0. The minimum absolute atomic E-state index is 0.0825. The van der Waals surface area contributed by atoms with E-state index in [0.717, 1.165) is 5.69 Å². The summed E-state index contributed by atoms with van der Waals surface area (Å²) in [5.74, 6) is 0. The van der Waals surface area contributed by atoms with E-state index in [-0.39, 0.29) is 5.54 Å². The van der Waals surface area contributed by atoms with Crippen LogP contribution in [0.25, 0.3) is 0 Å². The maximum atomic E-state index is 5.70. The first kappa shape index (κ1) is 11.1. The van der Waals surface area contributed by atoms with E-state index in [1.54, 1.807) is 0 Å². The number of rotatable bonds is 2. The van der Waals surface area contributed by atoms with Crippen LogP contribution in [0.5, 0.6) is 0 Å². The van der Waals surface area contributed by atoms with E-state index in [1.807, 2.05) is 0 Å². The van der Waals surface area contributed by atoms with Crippen molar-refractivity contribution in [1.82, 2.24) is 0 Å². The Balaban J connectivity index is 2.97. The highest BCUT2D eigenvalue weighted by Crippen LogP contribution is 2.20. The number of nitrogens with two attached hydrogens (primary N) is 1. The first-order valence-electron chi connectivity index (χ1n) is 5.00. The van der Waals surface area contributed by atoms with Crippen molar-refractivity contribution < 1.29 is 0 Å². The van der Waals surface area contributed by atoms with Gasteiger partial charge in [-0.3, -0.25) is 0 Å². The number of anilines is 1. The molecular formula is C12H20N2. The molecule has 0 aromatic heterocycles. The molecule has 1 aromatic carbocycles. The molecule has 1 aromatic rings. The fraction of sp³-hybridized carbons (Fsp3) is 0.500. The van der Waals surface area contributed by atoms with Gasteiger partial charge in [0.1, 0.15) is 0 Å². The van der Waals surface area contributed by atoms with E-state index in [1.165, 1.54) is 11.1 Å². The van der Waals surface area contributed by atoms with Gasteiger partial charge in [0.15, 0.2) is 0 Å². The SMILES string of the molecule is Cc1ccc(NC(C)(C)C)c(CN)c1. The molecule has 0 bridgehead atoms. The average molecular weight is 192 g/mol. The van der Waals surface area contributed by atoms with Gasteiger partial charge in [0.05, 0.1) is 0 Å². The Morgan fingerprint density at radius 3 is 2.43 bits per heavy atom. The van der Waals surface area contributed by atoms with Crippen LogP contribution in [-0.4, -0.2) is 5.54 Å². The van der Waals surface area contributed by atoms with Gasteiger partial charge < -0.3 is 11.1 Å². The van der Waals surface area contributed by atoms with Gasteiger partial charge in [0.25, 0.3) is 0 Å². The van der Waals surface area contributed by atoms with Crippen molar-refractivity contribution in [2.45, 2.75) is 39.8 Å². The Morgan fingerprint density at radius 1 is 1.29 bits per heavy atom. The van der Waals surface area contributed by atoms with Crippen LogP contribution in [0.3, 0.4) is 0 Å². The fourth-order valence-electron chi connectivity index (χ4n) is 1.42. The zero-order chi connectivity index (χ0) is 10.8. The molecule has 0 aliphatic rings. The van der Waals surface area contributed by atoms with Crippen LogP contribution >= 0.6 is 0 Å². The van der Waals surface area contributed by atoms with Gasteiger partial charge in [-0.25, -0.2) is 0 Å². The molecule has 0 radical (unpaired) electrons. The number of benzene rings is 1. The van der Waals surface area contributed by atoms with Crippen LogP contribution in [0.2, 0.25) is 0 Å². The average Bonchev–Trinajstić information content (AvgIpc) is 2.06. The summed E-state index contributed by atoms with van der Waals surface area (Å²) in [5.41, 5.74) is 9.36. The topological polar surface area (TPSA) is 38.0 Å². The van der Waals surface area contributed by atoms with Crippen LogP contribution in [0.15, 0.2) is 18.2 Å². The van der Waals surface area contributed by atoms with Crippen molar-refractivity contribution in [1.29, 1.82) is 0 Å². The monoisotopic (exact) mass is 192 g/mol. The molecule has 0 spiro atoms. The van der Waals surface area contributed by atoms with Crippen molar-refractivity contribution in [2.75, 3.05) is 5.32 Å². The van der Waals surface area contributed by atoms with E-state index >= 15 is 0 Å². The van der Waals surface area contributed by atoms with E-state index in [2.05, 4.69) is 51.2 Å². The summed E-state index contributed by atoms with van der Waals surface area (Å²) < 4.78 is 0. The second kappa shape index (κ2) is 4.01. The standard InChI is InChI=1S/C12H20N2/c1-9-5-6-11(10(7-9)8-13)14-12(2,3)4/h5-7,14H,8,13H2,1-4H3. The molecule has 2 heteroatoms. The molecule has 1 rings (SSSR count). The molecule has 78 valence electrons. The molecule has 0 saturated carbocycles. The molecule has 0 fully saturated rings. The predicted octanol–water partition coefficient (Wildman–Crippen LogP) is 2.66. The van der Waals surface area contributed by atoms with Gasteiger partial charge in [0.2, 0.25) is 0 Å². The Kier molecular flexibility index (Phi) is 3.17. The van der Waals surface area contributed by atoms with E-state index in [9.17, 15) is 0 Å². The lowest BCUT2D eigenvalue weighted by atomic mass is 10.0. The maximum absolute atomic E-state index is 5.70. The zero-order valence-corrected chi connectivity index (χ0v) is 9.52. The Bertz CT molecular complexity index is 311. The lowest BCUT2D eigenvalue weighted by Crippen LogP contribution is -2.27. The largest absolute Gasteiger partial charge is 0.380 e. The molecule has 14 heavy (non-hydrogen) atoms. The van der Waals surface area contributed by atoms with Gasteiger partial charge in [-0.1, -0.05) is 17.7 Å². The number of hydrogen-bond donors (Lipinski definition) is 2. The number of hydrogen-bond acceptors (Lipinski definition) is 2. The first-order valence-corrected chi connectivity index (χ1v) is 5.00. The van der Waals surface area contributed by atoms with Crippen LogP contribution in [-0.2, 0) is 6.54 Å². The highest BCUT2D eigenvalue weighted by Gasteiger charge is 2.11. The minimum Gasteiger partial charge on any atom is -0.380 e. The minimum atomic E-state index is 0.0825. The third kappa shape index (κ3) is 3.04. The summed E-state index contributed by atoms with van der Waals surface area (Å²) in [6, 6.07) is 6.34. The van der Waals surface area contributed by atoms with E-state index < -0.39 is 0 Å². The number of aryl methyl sites for hydroxylation is 1. The van der Waals surface area contributed by atoms with Crippen molar-refractivity contribution >= 4 is 5.69 Å².